The van der Waals surface area contributed by atoms with E-state index in [9.17, 15) is 10.1 Å². The highest BCUT2D eigenvalue weighted by atomic mass is 79.9. The Bertz CT molecular complexity index is 727. The highest BCUT2D eigenvalue weighted by Crippen LogP contribution is 2.37. The molecule has 2 aromatic rings. The van der Waals surface area contributed by atoms with Gasteiger partial charge in [0.05, 0.1) is 22.6 Å². The summed E-state index contributed by atoms with van der Waals surface area (Å²) < 4.78 is 6.61. The predicted octanol–water partition coefficient (Wildman–Crippen LogP) is 3.52. The summed E-state index contributed by atoms with van der Waals surface area (Å²) in [6, 6.07) is 5.63. The molecule has 2 atom stereocenters. The van der Waals surface area contributed by atoms with Gasteiger partial charge in [-0.05, 0) is 32.0 Å². The normalized spacial score (nSPS) is 22.0. The van der Waals surface area contributed by atoms with E-state index < -0.39 is 0 Å². The van der Waals surface area contributed by atoms with Crippen LogP contribution < -0.4 is 4.90 Å². The van der Waals surface area contributed by atoms with Crippen LogP contribution in [0, 0.1) is 10.1 Å². The fourth-order valence-corrected chi connectivity index (χ4v) is 3.33. The second-order valence-electron chi connectivity index (χ2n) is 5.57. The largest absolute Gasteiger partial charge is 0.372 e. The minimum Gasteiger partial charge on any atom is -0.372 e. The third kappa shape index (κ3) is 2.78. The third-order valence-corrected chi connectivity index (χ3v) is 4.21. The van der Waals surface area contributed by atoms with Crippen LogP contribution >= 0.6 is 15.9 Å². The predicted molar refractivity (Wildman–Crippen MR) is 88.3 cm³/mol. The smallest absolute Gasteiger partial charge is 0.311 e. The molecule has 0 bridgehead atoms. The lowest BCUT2D eigenvalue weighted by molar-refractivity contribution is -0.384. The molecule has 1 aromatic heterocycles. The topological polar surface area (TPSA) is 68.5 Å². The van der Waals surface area contributed by atoms with E-state index in [4.69, 9.17) is 4.74 Å². The number of aromatic nitrogens is 1. The minimum absolute atomic E-state index is 0.0266. The molecule has 0 spiro atoms. The van der Waals surface area contributed by atoms with E-state index in [0.717, 1.165) is 15.4 Å². The van der Waals surface area contributed by atoms with Gasteiger partial charge in [0, 0.05) is 22.9 Å². The Kier molecular flexibility index (Phi) is 4.01. The number of benzene rings is 1. The van der Waals surface area contributed by atoms with Crippen LogP contribution in [0.4, 0.5) is 11.4 Å². The molecule has 22 heavy (non-hydrogen) atoms. The highest BCUT2D eigenvalue weighted by Gasteiger charge is 2.29. The van der Waals surface area contributed by atoms with E-state index in [1.165, 1.54) is 6.20 Å². The summed E-state index contributed by atoms with van der Waals surface area (Å²) in [4.78, 5) is 17.3. The SMILES string of the molecule is CC1CN(c2c([N+](=O)[O-])cnc3ccc(Br)cc23)CC(C)O1. The first-order valence-electron chi connectivity index (χ1n) is 7.08. The summed E-state index contributed by atoms with van der Waals surface area (Å²) >= 11 is 3.44. The van der Waals surface area contributed by atoms with Crippen LogP contribution in [0.5, 0.6) is 0 Å². The average Bonchev–Trinajstić information content (AvgIpc) is 2.44. The van der Waals surface area contributed by atoms with Crippen LogP contribution in [0.1, 0.15) is 13.8 Å². The van der Waals surface area contributed by atoms with E-state index in [1.807, 2.05) is 36.9 Å². The van der Waals surface area contributed by atoms with Crippen molar-refractivity contribution in [2.45, 2.75) is 26.1 Å². The van der Waals surface area contributed by atoms with E-state index in [0.29, 0.717) is 18.8 Å². The second-order valence-corrected chi connectivity index (χ2v) is 6.49. The van der Waals surface area contributed by atoms with Crippen molar-refractivity contribution >= 4 is 38.2 Å². The van der Waals surface area contributed by atoms with Gasteiger partial charge in [-0.3, -0.25) is 10.1 Å². The Morgan fingerprint density at radius 2 is 2.05 bits per heavy atom. The molecule has 1 aromatic carbocycles. The minimum atomic E-state index is -0.368. The van der Waals surface area contributed by atoms with Gasteiger partial charge in [-0.25, -0.2) is 4.98 Å². The number of hydrogen-bond acceptors (Lipinski definition) is 5. The molecule has 0 N–H and O–H groups in total. The van der Waals surface area contributed by atoms with Crippen molar-refractivity contribution < 1.29 is 9.66 Å². The molecule has 6 nitrogen and oxygen atoms in total. The van der Waals surface area contributed by atoms with E-state index in [2.05, 4.69) is 20.9 Å². The molecule has 2 unspecified atom stereocenters. The van der Waals surface area contributed by atoms with Crippen LogP contribution in [-0.4, -0.2) is 35.2 Å². The van der Waals surface area contributed by atoms with Gasteiger partial charge in [-0.15, -0.1) is 0 Å². The molecule has 0 saturated carbocycles. The molecule has 2 heterocycles. The first-order valence-corrected chi connectivity index (χ1v) is 7.88. The lowest BCUT2D eigenvalue weighted by Gasteiger charge is -2.36. The summed E-state index contributed by atoms with van der Waals surface area (Å²) in [5, 5.41) is 12.2. The quantitative estimate of drug-likeness (QED) is 0.601. The molecule has 3 rings (SSSR count). The molecule has 1 aliphatic heterocycles. The fourth-order valence-electron chi connectivity index (χ4n) is 2.97. The summed E-state index contributed by atoms with van der Waals surface area (Å²) in [5.41, 5.74) is 1.40. The Labute approximate surface area is 136 Å². The molecular weight excluding hydrogens is 350 g/mol. The van der Waals surface area contributed by atoms with Crippen LogP contribution in [0.3, 0.4) is 0 Å². The van der Waals surface area contributed by atoms with Crippen molar-refractivity contribution in [2.75, 3.05) is 18.0 Å². The Morgan fingerprint density at radius 3 is 2.68 bits per heavy atom. The number of nitro groups is 1. The fraction of sp³-hybridized carbons (Fsp3) is 0.400. The Morgan fingerprint density at radius 1 is 1.36 bits per heavy atom. The molecule has 1 saturated heterocycles. The van der Waals surface area contributed by atoms with Crippen LogP contribution in [0.15, 0.2) is 28.9 Å². The second kappa shape index (κ2) is 5.81. The number of hydrogen-bond donors (Lipinski definition) is 0. The number of nitrogens with zero attached hydrogens (tertiary/aromatic N) is 3. The summed E-state index contributed by atoms with van der Waals surface area (Å²) in [6.45, 7) is 5.20. The van der Waals surface area contributed by atoms with Crippen molar-refractivity contribution in [1.82, 2.24) is 4.98 Å². The highest BCUT2D eigenvalue weighted by molar-refractivity contribution is 9.10. The van der Waals surface area contributed by atoms with Gasteiger partial charge in [0.2, 0.25) is 0 Å². The average molecular weight is 366 g/mol. The summed E-state index contributed by atoms with van der Waals surface area (Å²) in [5.74, 6) is 0. The van der Waals surface area contributed by atoms with Crippen LogP contribution in [0.2, 0.25) is 0 Å². The Balaban J connectivity index is 2.22. The first kappa shape index (κ1) is 15.2. The number of ether oxygens (including phenoxy) is 1. The molecule has 1 fully saturated rings. The lowest BCUT2D eigenvalue weighted by Crippen LogP contribution is -2.45. The van der Waals surface area contributed by atoms with Gasteiger partial charge >= 0.3 is 5.69 Å². The van der Waals surface area contributed by atoms with E-state index in [-0.39, 0.29) is 22.8 Å². The monoisotopic (exact) mass is 365 g/mol. The van der Waals surface area contributed by atoms with E-state index in [1.54, 1.807) is 0 Å². The molecule has 1 aliphatic rings. The van der Waals surface area contributed by atoms with Crippen molar-refractivity contribution in [3.8, 4) is 0 Å². The van der Waals surface area contributed by atoms with Gasteiger partial charge in [0.1, 0.15) is 11.9 Å². The van der Waals surface area contributed by atoms with Gasteiger partial charge in [0.25, 0.3) is 0 Å². The summed E-state index contributed by atoms with van der Waals surface area (Å²) in [6.07, 6.45) is 1.40. The van der Waals surface area contributed by atoms with Crippen molar-refractivity contribution in [3.63, 3.8) is 0 Å². The lowest BCUT2D eigenvalue weighted by atomic mass is 10.1. The zero-order valence-corrected chi connectivity index (χ0v) is 13.9. The first-order chi connectivity index (χ1) is 10.5. The maximum absolute atomic E-state index is 11.5. The molecule has 116 valence electrons. The van der Waals surface area contributed by atoms with E-state index >= 15 is 0 Å². The van der Waals surface area contributed by atoms with Gasteiger partial charge in [0.15, 0.2) is 0 Å². The Hall–Kier alpha value is -1.73. The van der Waals surface area contributed by atoms with Crippen molar-refractivity contribution in [1.29, 1.82) is 0 Å². The number of rotatable bonds is 2. The van der Waals surface area contributed by atoms with Crippen LogP contribution in [-0.2, 0) is 4.74 Å². The molecule has 0 radical (unpaired) electrons. The number of anilines is 1. The maximum Gasteiger partial charge on any atom is 0.311 e. The number of halogens is 1. The van der Waals surface area contributed by atoms with Crippen molar-refractivity contribution in [2.24, 2.45) is 0 Å². The third-order valence-electron chi connectivity index (χ3n) is 3.71. The zero-order chi connectivity index (χ0) is 15.9. The van der Waals surface area contributed by atoms with Crippen molar-refractivity contribution in [3.05, 3.63) is 39.0 Å². The van der Waals surface area contributed by atoms with Gasteiger partial charge in [-0.1, -0.05) is 15.9 Å². The summed E-state index contributed by atoms with van der Waals surface area (Å²) in [7, 11) is 0. The zero-order valence-electron chi connectivity index (χ0n) is 12.3. The van der Waals surface area contributed by atoms with Crippen LogP contribution in [0.25, 0.3) is 10.9 Å². The number of fused-ring (bicyclic) bond motifs is 1. The van der Waals surface area contributed by atoms with Gasteiger partial charge in [-0.2, -0.15) is 0 Å². The number of morpholine rings is 1. The molecule has 7 heteroatoms. The molecular formula is C15H16BrN3O3. The molecule has 0 amide bonds. The molecule has 0 aliphatic carbocycles. The standard InChI is InChI=1S/C15H16BrN3O3/c1-9-7-18(8-10(2)22-9)15-12-5-11(16)3-4-13(12)17-6-14(15)19(20)21/h3-6,9-10H,7-8H2,1-2H3. The number of pyridine rings is 1. The van der Waals surface area contributed by atoms with Gasteiger partial charge < -0.3 is 9.64 Å². The maximum atomic E-state index is 11.5.